The molecule has 2 rings (SSSR count). The van der Waals surface area contributed by atoms with Crippen molar-refractivity contribution in [2.45, 2.75) is 98.8 Å². The van der Waals surface area contributed by atoms with Crippen molar-refractivity contribution in [1.82, 2.24) is 0 Å². The van der Waals surface area contributed by atoms with E-state index in [1.165, 1.54) is 69.1 Å². The van der Waals surface area contributed by atoms with Crippen molar-refractivity contribution in [3.8, 4) is 0 Å². The molecule has 0 saturated heterocycles. The van der Waals surface area contributed by atoms with Gasteiger partial charge in [-0.1, -0.05) is 85.4 Å². The first-order valence-corrected chi connectivity index (χ1v) is 11.4. The third-order valence-corrected chi connectivity index (χ3v) is 7.65. The zero-order valence-electron chi connectivity index (χ0n) is 17.0. The number of hydrogen-bond donors (Lipinski definition) is 0. The Morgan fingerprint density at radius 3 is 2.33 bits per heavy atom. The molecule has 0 amide bonds. The van der Waals surface area contributed by atoms with E-state index in [1.54, 1.807) is 0 Å². The van der Waals surface area contributed by atoms with Crippen molar-refractivity contribution in [2.75, 3.05) is 0 Å². The van der Waals surface area contributed by atoms with E-state index in [-0.39, 0.29) is 0 Å². The average molecular weight is 351 g/mol. The first kappa shape index (κ1) is 20.4. The molecule has 0 nitrogen and oxygen atoms in total. The fourth-order valence-electron chi connectivity index (χ4n) is 6.20. The molecule has 0 aromatic rings. The topological polar surface area (TPSA) is 0 Å². The van der Waals surface area contributed by atoms with E-state index in [0.717, 1.165) is 41.4 Å². The van der Waals surface area contributed by atoms with Crippen molar-refractivity contribution < 1.29 is 0 Å². The predicted molar refractivity (Wildman–Crippen MR) is 112 cm³/mol. The van der Waals surface area contributed by atoms with Crippen LogP contribution in [0.15, 0.2) is 0 Å². The van der Waals surface area contributed by atoms with Gasteiger partial charge in [0.05, 0.1) is 0 Å². The lowest BCUT2D eigenvalue weighted by atomic mass is 9.60. The minimum atomic E-state index is 0.814. The molecule has 1 heteroatoms. The second-order valence-corrected chi connectivity index (χ2v) is 10.1. The Balaban J connectivity index is 2.15. The Hall–Kier alpha value is 0.0900. The number of hydrogen-bond acceptors (Lipinski definition) is 1. The first-order chi connectivity index (χ1) is 11.5. The van der Waals surface area contributed by atoms with E-state index in [9.17, 15) is 0 Å². The summed E-state index contributed by atoms with van der Waals surface area (Å²) in [5.74, 6) is 6.29. The minimum absolute atomic E-state index is 0.814. The van der Waals surface area contributed by atoms with Gasteiger partial charge in [0.15, 0.2) is 0 Å². The summed E-state index contributed by atoms with van der Waals surface area (Å²) < 4.78 is 0. The van der Waals surface area contributed by atoms with Gasteiger partial charge in [0.2, 0.25) is 0 Å². The molecule has 2 saturated carbocycles. The van der Waals surface area contributed by atoms with Crippen LogP contribution in [0.5, 0.6) is 0 Å². The van der Waals surface area contributed by atoms with Crippen LogP contribution in [-0.2, 0) is 0 Å². The van der Waals surface area contributed by atoms with Crippen LogP contribution in [0.4, 0.5) is 0 Å². The minimum Gasteiger partial charge on any atom is -0.0897 e. The molecule has 2 aliphatic rings. The Bertz CT molecular complexity index is 383. The highest BCUT2D eigenvalue weighted by atomic mass is 32.1. The number of unbranched alkanes of at least 4 members (excludes halogenated alkanes) is 2. The van der Waals surface area contributed by atoms with Crippen molar-refractivity contribution in [3.63, 3.8) is 0 Å². The van der Waals surface area contributed by atoms with Crippen LogP contribution in [0.1, 0.15) is 98.8 Å². The van der Waals surface area contributed by atoms with Gasteiger partial charge in [-0.3, -0.25) is 0 Å². The predicted octanol–water partition coefficient (Wildman–Crippen LogP) is 7.70. The molecule has 0 bridgehead atoms. The molecular weight excluding hydrogens is 308 g/mol. The molecule has 2 aliphatic carbocycles. The van der Waals surface area contributed by atoms with Gasteiger partial charge in [-0.2, -0.15) is 0 Å². The van der Waals surface area contributed by atoms with E-state index in [0.29, 0.717) is 0 Å². The Morgan fingerprint density at radius 2 is 1.71 bits per heavy atom. The van der Waals surface area contributed by atoms with Crippen LogP contribution in [0.3, 0.4) is 0 Å². The third kappa shape index (κ3) is 5.05. The number of thiocarbonyl (C=S) groups is 1. The van der Waals surface area contributed by atoms with Crippen molar-refractivity contribution in [2.24, 2.45) is 41.4 Å². The summed E-state index contributed by atoms with van der Waals surface area (Å²) in [6.45, 7) is 12.2. The zero-order chi connectivity index (χ0) is 17.7. The zero-order valence-corrected chi connectivity index (χ0v) is 17.8. The lowest BCUT2D eigenvalue weighted by Gasteiger charge is -2.45. The maximum Gasteiger partial charge on any atom is -0.00684 e. The van der Waals surface area contributed by atoms with Gasteiger partial charge in [0, 0.05) is 0 Å². The highest BCUT2D eigenvalue weighted by Crippen LogP contribution is 2.50. The molecule has 0 N–H and O–H groups in total. The van der Waals surface area contributed by atoms with Gasteiger partial charge in [0.1, 0.15) is 0 Å². The number of rotatable bonds is 8. The third-order valence-electron chi connectivity index (χ3n) is 7.28. The molecule has 140 valence electrons. The van der Waals surface area contributed by atoms with Gasteiger partial charge in [0.25, 0.3) is 0 Å². The molecule has 0 heterocycles. The largest absolute Gasteiger partial charge is 0.0897 e. The Labute approximate surface area is 157 Å². The van der Waals surface area contributed by atoms with Gasteiger partial charge >= 0.3 is 0 Å². The second-order valence-electron chi connectivity index (χ2n) is 9.53. The summed E-state index contributed by atoms with van der Waals surface area (Å²) in [4.78, 5) is 1.38. The maximum atomic E-state index is 5.72. The summed E-state index contributed by atoms with van der Waals surface area (Å²) in [5, 5.41) is 0. The van der Waals surface area contributed by atoms with Gasteiger partial charge in [-0.15, -0.1) is 0 Å². The average Bonchev–Trinajstić information content (AvgIpc) is 2.95. The van der Waals surface area contributed by atoms with E-state index in [4.69, 9.17) is 12.2 Å². The van der Waals surface area contributed by atoms with Crippen molar-refractivity contribution in [1.29, 1.82) is 0 Å². The molecule has 0 spiro atoms. The van der Waals surface area contributed by atoms with E-state index >= 15 is 0 Å². The van der Waals surface area contributed by atoms with Gasteiger partial charge in [-0.05, 0) is 72.0 Å². The summed E-state index contributed by atoms with van der Waals surface area (Å²) >= 11 is 5.72. The second kappa shape index (κ2) is 9.70. The summed E-state index contributed by atoms with van der Waals surface area (Å²) in [7, 11) is 0. The highest BCUT2D eigenvalue weighted by molar-refractivity contribution is 7.80. The molecule has 5 unspecified atom stereocenters. The van der Waals surface area contributed by atoms with Crippen LogP contribution >= 0.6 is 12.2 Å². The Morgan fingerprint density at radius 1 is 0.958 bits per heavy atom. The monoisotopic (exact) mass is 350 g/mol. The molecule has 0 aromatic heterocycles. The van der Waals surface area contributed by atoms with Crippen LogP contribution in [0.2, 0.25) is 0 Å². The first-order valence-electron chi connectivity index (χ1n) is 11.0. The summed E-state index contributed by atoms with van der Waals surface area (Å²) in [6.07, 6.45) is 14.0. The lowest BCUT2D eigenvalue weighted by molar-refractivity contribution is 0.0623. The SMILES string of the molecule is CCCCCC1CCCC1C(C(C)C)C1CC(=S)CCC1C(C)C. The van der Waals surface area contributed by atoms with Crippen LogP contribution in [-0.4, -0.2) is 4.86 Å². The van der Waals surface area contributed by atoms with Gasteiger partial charge in [-0.25, -0.2) is 0 Å². The van der Waals surface area contributed by atoms with Crippen molar-refractivity contribution >= 4 is 17.1 Å². The van der Waals surface area contributed by atoms with Crippen molar-refractivity contribution in [3.05, 3.63) is 0 Å². The fraction of sp³-hybridized carbons (Fsp3) is 0.957. The molecule has 5 atom stereocenters. The highest BCUT2D eigenvalue weighted by Gasteiger charge is 2.43. The lowest BCUT2D eigenvalue weighted by Crippen LogP contribution is -2.40. The normalized spacial score (nSPS) is 32.7. The van der Waals surface area contributed by atoms with E-state index in [1.807, 2.05) is 0 Å². The molecule has 0 radical (unpaired) electrons. The summed E-state index contributed by atoms with van der Waals surface area (Å²) in [6, 6.07) is 0. The Kier molecular flexibility index (Phi) is 8.24. The standard InChI is InChI=1S/C23H42S/c1-6-7-8-10-18-11-9-12-21(18)23(17(4)5)22-15-19(24)13-14-20(22)16(2)3/h16-18,20-23H,6-15H2,1-5H3. The quantitative estimate of drug-likeness (QED) is 0.319. The summed E-state index contributed by atoms with van der Waals surface area (Å²) in [5.41, 5.74) is 0. The van der Waals surface area contributed by atoms with E-state index < -0.39 is 0 Å². The molecule has 0 aliphatic heterocycles. The smallest absolute Gasteiger partial charge is 0.00684 e. The fourth-order valence-corrected chi connectivity index (χ4v) is 6.51. The molecule has 24 heavy (non-hydrogen) atoms. The van der Waals surface area contributed by atoms with Gasteiger partial charge < -0.3 is 0 Å². The van der Waals surface area contributed by atoms with Crippen LogP contribution in [0, 0.1) is 41.4 Å². The molecule has 2 fully saturated rings. The molecule has 0 aromatic carbocycles. The molecular formula is C23H42S. The van der Waals surface area contributed by atoms with Crippen LogP contribution < -0.4 is 0 Å². The van der Waals surface area contributed by atoms with Crippen LogP contribution in [0.25, 0.3) is 0 Å². The maximum absolute atomic E-state index is 5.72. The van der Waals surface area contributed by atoms with E-state index in [2.05, 4.69) is 34.6 Å².